The molecular weight excluding hydrogens is 336 g/mol. The highest BCUT2D eigenvalue weighted by Crippen LogP contribution is 2.30. The minimum absolute atomic E-state index is 0.767. The third kappa shape index (κ3) is 3.24. The van der Waals surface area contributed by atoms with Gasteiger partial charge < -0.3 is 0 Å². The lowest BCUT2D eigenvalue weighted by atomic mass is 10.0. The molecule has 5 rings (SSSR count). The van der Waals surface area contributed by atoms with Gasteiger partial charge in [0, 0.05) is 23.1 Å². The van der Waals surface area contributed by atoms with Crippen LogP contribution in [0.1, 0.15) is 24.8 Å². The quantitative estimate of drug-likeness (QED) is 0.578. The van der Waals surface area contributed by atoms with Crippen LogP contribution in [0.5, 0.6) is 0 Å². The maximum atomic E-state index is 4.59. The van der Waals surface area contributed by atoms with Crippen molar-refractivity contribution in [1.82, 2.24) is 30.3 Å². The van der Waals surface area contributed by atoms with Crippen LogP contribution in [0, 0.1) is 0 Å². The van der Waals surface area contributed by atoms with Gasteiger partial charge in [0.05, 0.1) is 11.2 Å². The summed E-state index contributed by atoms with van der Waals surface area (Å²) in [7, 11) is 0. The summed E-state index contributed by atoms with van der Waals surface area (Å²) in [5.74, 6) is 0.767. The van der Waals surface area contributed by atoms with Crippen molar-refractivity contribution >= 4 is 10.9 Å². The number of H-pyrrole nitrogens is 2. The number of nitrogens with one attached hydrogen (secondary N) is 2. The lowest BCUT2D eigenvalue weighted by Gasteiger charge is -2.26. The molecule has 0 radical (unpaired) electrons. The van der Waals surface area contributed by atoms with Crippen LogP contribution >= 0.6 is 0 Å². The molecule has 0 atom stereocenters. The molecule has 0 spiro atoms. The number of piperidine rings is 1. The topological polar surface area (TPSA) is 73.5 Å². The van der Waals surface area contributed by atoms with E-state index in [0.29, 0.717) is 0 Å². The first-order valence-electron chi connectivity index (χ1n) is 9.52. The molecule has 6 nitrogen and oxygen atoms in total. The van der Waals surface area contributed by atoms with Crippen LogP contribution < -0.4 is 0 Å². The van der Waals surface area contributed by atoms with E-state index in [1.165, 1.54) is 44.2 Å². The number of fused-ring (bicyclic) bond motifs is 1. The van der Waals surface area contributed by atoms with Crippen LogP contribution in [0.15, 0.2) is 48.8 Å². The summed E-state index contributed by atoms with van der Waals surface area (Å²) in [6.07, 6.45) is 5.52. The maximum absolute atomic E-state index is 4.59. The van der Waals surface area contributed by atoms with Crippen molar-refractivity contribution in [3.05, 3.63) is 54.4 Å². The smallest absolute Gasteiger partial charge is 0.155 e. The largest absolute Gasteiger partial charge is 0.299 e. The van der Waals surface area contributed by atoms with Gasteiger partial charge in [-0.2, -0.15) is 10.2 Å². The third-order valence-electron chi connectivity index (χ3n) is 5.31. The normalized spacial score (nSPS) is 15.4. The molecule has 0 aliphatic carbocycles. The lowest BCUT2D eigenvalue weighted by Crippen LogP contribution is -2.29. The number of aromatic amines is 2. The van der Waals surface area contributed by atoms with Crippen molar-refractivity contribution in [2.75, 3.05) is 13.1 Å². The van der Waals surface area contributed by atoms with Gasteiger partial charge in [-0.1, -0.05) is 24.6 Å². The highest BCUT2D eigenvalue weighted by molar-refractivity contribution is 5.95. The average molecular weight is 358 g/mol. The molecule has 2 aromatic heterocycles. The van der Waals surface area contributed by atoms with Crippen molar-refractivity contribution in [2.45, 2.75) is 25.8 Å². The minimum atomic E-state index is 0.767. The van der Waals surface area contributed by atoms with Crippen LogP contribution in [0.4, 0.5) is 0 Å². The van der Waals surface area contributed by atoms with E-state index in [1.54, 1.807) is 0 Å². The number of aromatic nitrogens is 5. The second-order valence-corrected chi connectivity index (χ2v) is 7.20. The van der Waals surface area contributed by atoms with E-state index < -0.39 is 0 Å². The van der Waals surface area contributed by atoms with E-state index in [2.05, 4.69) is 60.6 Å². The van der Waals surface area contributed by atoms with Gasteiger partial charge in [0.25, 0.3) is 0 Å². The van der Waals surface area contributed by atoms with Gasteiger partial charge in [-0.05, 0) is 55.8 Å². The Hall–Kier alpha value is -2.99. The number of benzene rings is 2. The summed E-state index contributed by atoms with van der Waals surface area (Å²) < 4.78 is 0. The molecule has 136 valence electrons. The Labute approximate surface area is 157 Å². The second-order valence-electron chi connectivity index (χ2n) is 7.20. The minimum Gasteiger partial charge on any atom is -0.299 e. The number of hydrogen-bond acceptors (Lipinski definition) is 4. The van der Waals surface area contributed by atoms with Crippen molar-refractivity contribution in [1.29, 1.82) is 0 Å². The Bertz CT molecular complexity index is 1040. The standard InChI is InChI=1S/C21H22N6/c1-2-9-27(10-3-1)13-15-5-4-6-16(11-15)20-18-12-17(21-22-14-23-26-21)7-8-19(18)24-25-20/h4-8,11-12,14H,1-3,9-10,13H2,(H,24,25)(H,22,23,26). The van der Waals surface area contributed by atoms with Crippen molar-refractivity contribution in [3.63, 3.8) is 0 Å². The average Bonchev–Trinajstić information content (AvgIpc) is 3.38. The van der Waals surface area contributed by atoms with Gasteiger partial charge in [-0.25, -0.2) is 4.98 Å². The molecule has 3 heterocycles. The van der Waals surface area contributed by atoms with Crippen molar-refractivity contribution in [3.8, 4) is 22.6 Å². The van der Waals surface area contributed by atoms with Gasteiger partial charge in [0.15, 0.2) is 5.82 Å². The van der Waals surface area contributed by atoms with E-state index in [4.69, 9.17) is 0 Å². The fourth-order valence-electron chi connectivity index (χ4n) is 3.92. The Morgan fingerprint density at radius 2 is 1.85 bits per heavy atom. The molecule has 0 unspecified atom stereocenters. The lowest BCUT2D eigenvalue weighted by molar-refractivity contribution is 0.221. The molecule has 2 N–H and O–H groups in total. The predicted octanol–water partition coefficient (Wildman–Crippen LogP) is 4.00. The first-order chi connectivity index (χ1) is 13.4. The Morgan fingerprint density at radius 3 is 2.70 bits per heavy atom. The molecule has 6 heteroatoms. The summed E-state index contributed by atoms with van der Waals surface area (Å²) >= 11 is 0. The molecule has 27 heavy (non-hydrogen) atoms. The number of nitrogens with zero attached hydrogens (tertiary/aromatic N) is 4. The Morgan fingerprint density at radius 1 is 0.926 bits per heavy atom. The third-order valence-corrected chi connectivity index (χ3v) is 5.31. The molecule has 0 bridgehead atoms. The summed E-state index contributed by atoms with van der Waals surface area (Å²) in [5.41, 5.74) is 5.50. The molecule has 1 aliphatic heterocycles. The van der Waals surface area contributed by atoms with E-state index in [1.807, 2.05) is 12.1 Å². The molecule has 4 aromatic rings. The molecule has 0 amide bonds. The predicted molar refractivity (Wildman–Crippen MR) is 106 cm³/mol. The first-order valence-corrected chi connectivity index (χ1v) is 9.52. The van der Waals surface area contributed by atoms with Crippen LogP contribution in [0.2, 0.25) is 0 Å². The van der Waals surface area contributed by atoms with E-state index in [-0.39, 0.29) is 0 Å². The fourth-order valence-corrected chi connectivity index (χ4v) is 3.92. The summed E-state index contributed by atoms with van der Waals surface area (Å²) in [6, 6.07) is 14.9. The summed E-state index contributed by atoms with van der Waals surface area (Å²) in [4.78, 5) is 6.81. The van der Waals surface area contributed by atoms with E-state index in [0.717, 1.165) is 40.1 Å². The van der Waals surface area contributed by atoms with Crippen LogP contribution in [-0.4, -0.2) is 43.4 Å². The molecule has 1 aliphatic rings. The monoisotopic (exact) mass is 358 g/mol. The van der Waals surface area contributed by atoms with Crippen molar-refractivity contribution in [2.24, 2.45) is 0 Å². The van der Waals surface area contributed by atoms with Gasteiger partial charge in [0.1, 0.15) is 6.33 Å². The first kappa shape index (κ1) is 16.2. The molecular formula is C21H22N6. The number of rotatable bonds is 4. The van der Waals surface area contributed by atoms with Crippen LogP contribution in [0.3, 0.4) is 0 Å². The zero-order valence-electron chi connectivity index (χ0n) is 15.2. The molecule has 1 saturated heterocycles. The van der Waals surface area contributed by atoms with Gasteiger partial charge in [-0.15, -0.1) is 0 Å². The highest BCUT2D eigenvalue weighted by atomic mass is 15.2. The Balaban J connectivity index is 1.49. The summed E-state index contributed by atoms with van der Waals surface area (Å²) in [5, 5.41) is 15.7. The molecule has 0 saturated carbocycles. The van der Waals surface area contributed by atoms with Crippen LogP contribution in [0.25, 0.3) is 33.5 Å². The molecule has 1 fully saturated rings. The Kier molecular flexibility index (Phi) is 4.18. The number of hydrogen-bond donors (Lipinski definition) is 2. The van der Waals surface area contributed by atoms with Crippen molar-refractivity contribution < 1.29 is 0 Å². The summed E-state index contributed by atoms with van der Waals surface area (Å²) in [6.45, 7) is 3.42. The van der Waals surface area contributed by atoms with Gasteiger partial charge in [-0.3, -0.25) is 15.1 Å². The van der Waals surface area contributed by atoms with Gasteiger partial charge >= 0.3 is 0 Å². The second kappa shape index (κ2) is 6.96. The highest BCUT2D eigenvalue weighted by Gasteiger charge is 2.13. The number of likely N-dealkylation sites (tertiary alicyclic amines) is 1. The van der Waals surface area contributed by atoms with Crippen LogP contribution in [-0.2, 0) is 6.54 Å². The molecule has 2 aromatic carbocycles. The zero-order valence-corrected chi connectivity index (χ0v) is 15.2. The van der Waals surface area contributed by atoms with Gasteiger partial charge in [0.2, 0.25) is 0 Å². The maximum Gasteiger partial charge on any atom is 0.155 e. The van der Waals surface area contributed by atoms with E-state index >= 15 is 0 Å². The fraction of sp³-hybridized carbons (Fsp3) is 0.286. The zero-order chi connectivity index (χ0) is 18.1. The SMILES string of the molecule is c1cc(CN2CCCCC2)cc(-c2n[nH]c3ccc(-c4ncn[nH]4)cc23)c1. The van der Waals surface area contributed by atoms with E-state index in [9.17, 15) is 0 Å².